The lowest BCUT2D eigenvalue weighted by atomic mass is 10.1. The summed E-state index contributed by atoms with van der Waals surface area (Å²) >= 11 is 1.77. The maximum Gasteiger partial charge on any atom is 0.236 e. The fourth-order valence-electron chi connectivity index (χ4n) is 2.75. The van der Waals surface area contributed by atoms with Crippen LogP contribution in [0.15, 0.2) is 29.6 Å². The summed E-state index contributed by atoms with van der Waals surface area (Å²) in [6, 6.07) is 8.45. The normalized spacial score (nSPS) is 15.8. The number of nitrogens with zero attached hydrogens (tertiary/aromatic N) is 2. The Morgan fingerprint density at radius 3 is 2.90 bits per heavy atom. The van der Waals surface area contributed by atoms with E-state index < -0.39 is 0 Å². The van der Waals surface area contributed by atoms with Crippen LogP contribution in [0.4, 0.5) is 0 Å². The molecule has 5 heteroatoms. The molecule has 0 aliphatic carbocycles. The first kappa shape index (κ1) is 14.5. The van der Waals surface area contributed by atoms with Gasteiger partial charge in [0, 0.05) is 37.4 Å². The highest BCUT2D eigenvalue weighted by Gasteiger charge is 2.18. The number of thiophene rings is 1. The van der Waals surface area contributed by atoms with E-state index in [9.17, 15) is 4.79 Å². The van der Waals surface area contributed by atoms with Gasteiger partial charge in [0.05, 0.1) is 6.54 Å². The molecular weight excluding hydrogens is 282 g/mol. The molecule has 0 radical (unpaired) electrons. The lowest BCUT2D eigenvalue weighted by Gasteiger charge is -2.29. The molecule has 1 saturated heterocycles. The van der Waals surface area contributed by atoms with E-state index in [0.29, 0.717) is 6.54 Å². The van der Waals surface area contributed by atoms with Crippen molar-refractivity contribution in [3.63, 3.8) is 0 Å². The molecule has 0 unspecified atom stereocenters. The fourth-order valence-corrected chi connectivity index (χ4v) is 3.70. The van der Waals surface area contributed by atoms with Crippen molar-refractivity contribution in [2.24, 2.45) is 0 Å². The predicted molar refractivity (Wildman–Crippen MR) is 87.6 cm³/mol. The van der Waals surface area contributed by atoms with Crippen molar-refractivity contribution in [3.8, 4) is 0 Å². The molecule has 112 valence electrons. The highest BCUT2D eigenvalue weighted by molar-refractivity contribution is 7.17. The number of hydrogen-bond donors (Lipinski definition) is 1. The minimum absolute atomic E-state index is 0.235. The van der Waals surface area contributed by atoms with Crippen molar-refractivity contribution in [3.05, 3.63) is 35.2 Å². The standard InChI is InChI=1S/C16H21N3OS/c1-18(11-16(20)19-8-6-17-7-9-19)10-13-12-21-15-5-3-2-4-14(13)15/h2-5,12,17H,6-11H2,1H3. The van der Waals surface area contributed by atoms with Gasteiger partial charge in [0.1, 0.15) is 0 Å². The van der Waals surface area contributed by atoms with E-state index in [0.717, 1.165) is 32.7 Å². The Kier molecular flexibility index (Phi) is 4.53. The lowest BCUT2D eigenvalue weighted by molar-refractivity contribution is -0.132. The van der Waals surface area contributed by atoms with Gasteiger partial charge in [0.25, 0.3) is 0 Å². The largest absolute Gasteiger partial charge is 0.339 e. The molecule has 4 nitrogen and oxygen atoms in total. The summed E-state index contributed by atoms with van der Waals surface area (Å²) in [7, 11) is 2.02. The van der Waals surface area contributed by atoms with Gasteiger partial charge in [0.2, 0.25) is 5.91 Å². The van der Waals surface area contributed by atoms with Gasteiger partial charge in [-0.3, -0.25) is 9.69 Å². The van der Waals surface area contributed by atoms with Crippen LogP contribution in [0.1, 0.15) is 5.56 Å². The number of carbonyl (C=O) groups is 1. The SMILES string of the molecule is CN(CC(=O)N1CCNCC1)Cc1csc2ccccc12. The minimum atomic E-state index is 0.235. The van der Waals surface area contributed by atoms with Crippen molar-refractivity contribution in [1.29, 1.82) is 0 Å². The van der Waals surface area contributed by atoms with Crippen molar-refractivity contribution in [2.45, 2.75) is 6.54 Å². The van der Waals surface area contributed by atoms with Gasteiger partial charge in [-0.1, -0.05) is 18.2 Å². The Balaban J connectivity index is 1.60. The highest BCUT2D eigenvalue weighted by atomic mass is 32.1. The van der Waals surface area contributed by atoms with Crippen LogP contribution in [0.3, 0.4) is 0 Å². The van der Waals surface area contributed by atoms with Crippen molar-refractivity contribution in [2.75, 3.05) is 39.8 Å². The molecule has 0 spiro atoms. The van der Waals surface area contributed by atoms with Gasteiger partial charge in [-0.2, -0.15) is 0 Å². The number of likely N-dealkylation sites (N-methyl/N-ethyl adjacent to an activating group) is 1. The monoisotopic (exact) mass is 303 g/mol. The minimum Gasteiger partial charge on any atom is -0.339 e. The summed E-state index contributed by atoms with van der Waals surface area (Å²) in [5, 5.41) is 6.79. The molecule has 3 rings (SSSR count). The van der Waals surface area contributed by atoms with E-state index in [1.165, 1.54) is 15.6 Å². The van der Waals surface area contributed by atoms with Crippen LogP contribution in [0.2, 0.25) is 0 Å². The lowest BCUT2D eigenvalue weighted by Crippen LogP contribution is -2.49. The molecule has 21 heavy (non-hydrogen) atoms. The summed E-state index contributed by atoms with van der Waals surface area (Å²) in [5.41, 5.74) is 1.31. The number of fused-ring (bicyclic) bond motifs is 1. The molecule has 1 fully saturated rings. The van der Waals surface area contributed by atoms with Crippen LogP contribution in [-0.2, 0) is 11.3 Å². The summed E-state index contributed by atoms with van der Waals surface area (Å²) < 4.78 is 1.31. The zero-order valence-electron chi connectivity index (χ0n) is 12.3. The molecule has 1 amide bonds. The number of piperazine rings is 1. The third kappa shape index (κ3) is 3.43. The molecule has 0 saturated carbocycles. The summed E-state index contributed by atoms with van der Waals surface area (Å²) in [5.74, 6) is 0.235. The molecule has 2 aromatic rings. The molecular formula is C16H21N3OS. The summed E-state index contributed by atoms with van der Waals surface area (Å²) in [4.78, 5) is 16.3. The van der Waals surface area contributed by atoms with Crippen LogP contribution < -0.4 is 5.32 Å². The maximum absolute atomic E-state index is 12.3. The van der Waals surface area contributed by atoms with Crippen LogP contribution in [0.5, 0.6) is 0 Å². The van der Waals surface area contributed by atoms with Gasteiger partial charge < -0.3 is 10.2 Å². The first-order valence-corrected chi connectivity index (χ1v) is 8.24. The van der Waals surface area contributed by atoms with E-state index >= 15 is 0 Å². The van der Waals surface area contributed by atoms with Gasteiger partial charge in [-0.25, -0.2) is 0 Å². The van der Waals surface area contributed by atoms with Crippen LogP contribution in [-0.4, -0.2) is 55.5 Å². The first-order valence-electron chi connectivity index (χ1n) is 7.36. The van der Waals surface area contributed by atoms with Crippen molar-refractivity contribution < 1.29 is 4.79 Å². The second-order valence-corrected chi connectivity index (χ2v) is 6.47. The summed E-state index contributed by atoms with van der Waals surface area (Å²) in [6.45, 7) is 4.78. The third-order valence-corrected chi connectivity index (χ3v) is 4.89. The molecule has 1 aliphatic heterocycles. The second-order valence-electron chi connectivity index (χ2n) is 5.56. The number of amides is 1. The average Bonchev–Trinajstić information content (AvgIpc) is 2.91. The van der Waals surface area contributed by atoms with Gasteiger partial charge in [0.15, 0.2) is 0 Å². The zero-order valence-corrected chi connectivity index (χ0v) is 13.2. The Morgan fingerprint density at radius 2 is 2.10 bits per heavy atom. The average molecular weight is 303 g/mol. The molecule has 2 heterocycles. The summed E-state index contributed by atoms with van der Waals surface area (Å²) in [6.07, 6.45) is 0. The molecule has 0 bridgehead atoms. The van der Waals surface area contributed by atoms with E-state index in [-0.39, 0.29) is 5.91 Å². The second kappa shape index (κ2) is 6.56. The van der Waals surface area contributed by atoms with Crippen LogP contribution in [0.25, 0.3) is 10.1 Å². The van der Waals surface area contributed by atoms with E-state index in [2.05, 4.69) is 39.9 Å². The predicted octanol–water partition coefficient (Wildman–Crippen LogP) is 1.76. The highest BCUT2D eigenvalue weighted by Crippen LogP contribution is 2.26. The van der Waals surface area contributed by atoms with Crippen LogP contribution in [0, 0.1) is 0 Å². The molecule has 1 aromatic carbocycles. The number of benzene rings is 1. The van der Waals surface area contributed by atoms with E-state index in [1.54, 1.807) is 11.3 Å². The fraction of sp³-hybridized carbons (Fsp3) is 0.438. The number of rotatable bonds is 4. The molecule has 1 N–H and O–H groups in total. The number of hydrogen-bond acceptors (Lipinski definition) is 4. The number of nitrogens with one attached hydrogen (secondary N) is 1. The van der Waals surface area contributed by atoms with Gasteiger partial charge in [-0.05, 0) is 29.4 Å². The topological polar surface area (TPSA) is 35.6 Å². The maximum atomic E-state index is 12.3. The first-order chi connectivity index (χ1) is 10.2. The Hall–Kier alpha value is -1.43. The Bertz CT molecular complexity index is 619. The van der Waals surface area contributed by atoms with Crippen molar-refractivity contribution >= 4 is 27.3 Å². The molecule has 1 aliphatic rings. The van der Waals surface area contributed by atoms with E-state index in [1.807, 2.05) is 11.9 Å². The van der Waals surface area contributed by atoms with Crippen LogP contribution >= 0.6 is 11.3 Å². The number of carbonyl (C=O) groups excluding carboxylic acids is 1. The Morgan fingerprint density at radius 1 is 1.33 bits per heavy atom. The molecule has 1 aromatic heterocycles. The Labute approximate surface area is 129 Å². The van der Waals surface area contributed by atoms with Gasteiger partial charge in [-0.15, -0.1) is 11.3 Å². The smallest absolute Gasteiger partial charge is 0.236 e. The quantitative estimate of drug-likeness (QED) is 0.935. The van der Waals surface area contributed by atoms with Crippen molar-refractivity contribution in [1.82, 2.24) is 15.1 Å². The third-order valence-electron chi connectivity index (χ3n) is 3.88. The zero-order chi connectivity index (χ0) is 14.7. The van der Waals surface area contributed by atoms with Gasteiger partial charge >= 0.3 is 0 Å². The van der Waals surface area contributed by atoms with E-state index in [4.69, 9.17) is 0 Å². The molecule has 0 atom stereocenters.